The monoisotopic (exact) mass is 280 g/mol. The number of carbonyl (C=O) groups is 1. The molecule has 3 heteroatoms. The molecule has 0 aromatic heterocycles. The van der Waals surface area contributed by atoms with Crippen molar-refractivity contribution in [3.8, 4) is 0 Å². The highest BCUT2D eigenvalue weighted by Crippen LogP contribution is 2.47. The van der Waals surface area contributed by atoms with Gasteiger partial charge in [0.15, 0.2) is 0 Å². The number of esters is 1. The second-order valence-electron chi connectivity index (χ2n) is 6.96. The Labute approximate surface area is 122 Å². The first-order valence-electron chi connectivity index (χ1n) is 7.84. The van der Waals surface area contributed by atoms with E-state index in [0.29, 0.717) is 11.8 Å². The van der Waals surface area contributed by atoms with Gasteiger partial charge in [-0.2, -0.15) is 0 Å². The van der Waals surface area contributed by atoms with Gasteiger partial charge in [-0.05, 0) is 45.4 Å². The van der Waals surface area contributed by atoms with Crippen molar-refractivity contribution in [1.29, 1.82) is 0 Å². The van der Waals surface area contributed by atoms with Crippen molar-refractivity contribution in [3.63, 3.8) is 0 Å². The minimum atomic E-state index is -0.192. The topological polar surface area (TPSA) is 38.8 Å². The largest absolute Gasteiger partial charge is 0.459 e. The van der Waals surface area contributed by atoms with Crippen LogP contribution in [0.1, 0.15) is 60.3 Å². The summed E-state index contributed by atoms with van der Waals surface area (Å²) in [6.45, 7) is 10.3. The maximum absolute atomic E-state index is 11.5. The first-order chi connectivity index (χ1) is 9.33. The minimum Gasteiger partial charge on any atom is -0.459 e. The fraction of sp³-hybridized carbons (Fsp3) is 0.824. The van der Waals surface area contributed by atoms with Crippen molar-refractivity contribution in [2.24, 2.45) is 11.8 Å². The molecular weight excluding hydrogens is 252 g/mol. The van der Waals surface area contributed by atoms with Crippen molar-refractivity contribution in [1.82, 2.24) is 0 Å². The van der Waals surface area contributed by atoms with E-state index < -0.39 is 0 Å². The van der Waals surface area contributed by atoms with E-state index in [9.17, 15) is 4.79 Å². The summed E-state index contributed by atoms with van der Waals surface area (Å²) in [5.74, 6) is 0.662. The van der Waals surface area contributed by atoms with Crippen LogP contribution in [-0.4, -0.2) is 23.8 Å². The van der Waals surface area contributed by atoms with Crippen molar-refractivity contribution >= 4 is 5.97 Å². The standard InChI is InChI=1S/C17H28O3/c1-11(2)14-9-8-12(3)7-6-10-17(5)16(20-17)15(14)19-13(4)18/h7,11,14-16H,6,8-10H2,1-5H3/t14-,15+,16+,17-/m0/s1. The van der Waals surface area contributed by atoms with Gasteiger partial charge in [-0.3, -0.25) is 4.79 Å². The van der Waals surface area contributed by atoms with Gasteiger partial charge in [-0.1, -0.05) is 25.5 Å². The number of ether oxygens (including phenoxy) is 2. The molecule has 0 amide bonds. The lowest BCUT2D eigenvalue weighted by atomic mass is 9.80. The van der Waals surface area contributed by atoms with Gasteiger partial charge in [-0.15, -0.1) is 0 Å². The zero-order chi connectivity index (χ0) is 14.9. The quantitative estimate of drug-likeness (QED) is 0.438. The molecule has 114 valence electrons. The van der Waals surface area contributed by atoms with Gasteiger partial charge in [0.2, 0.25) is 0 Å². The van der Waals surface area contributed by atoms with Gasteiger partial charge in [0, 0.05) is 12.8 Å². The van der Waals surface area contributed by atoms with Gasteiger partial charge < -0.3 is 9.47 Å². The van der Waals surface area contributed by atoms with E-state index in [1.165, 1.54) is 12.5 Å². The lowest BCUT2D eigenvalue weighted by Gasteiger charge is -2.30. The van der Waals surface area contributed by atoms with Crippen molar-refractivity contribution < 1.29 is 14.3 Å². The summed E-state index contributed by atoms with van der Waals surface area (Å²) in [6, 6.07) is 0. The Morgan fingerprint density at radius 2 is 2.20 bits per heavy atom. The first kappa shape index (κ1) is 15.6. The number of allylic oxidation sites excluding steroid dienone is 2. The number of carbonyl (C=O) groups excluding carboxylic acids is 1. The van der Waals surface area contributed by atoms with Gasteiger partial charge in [0.1, 0.15) is 12.2 Å². The molecule has 0 saturated carbocycles. The van der Waals surface area contributed by atoms with Gasteiger partial charge in [0.05, 0.1) is 5.60 Å². The zero-order valence-corrected chi connectivity index (χ0v) is 13.4. The molecule has 20 heavy (non-hydrogen) atoms. The number of hydrogen-bond donors (Lipinski definition) is 0. The lowest BCUT2D eigenvalue weighted by molar-refractivity contribution is -0.151. The number of fused-ring (bicyclic) bond motifs is 1. The molecule has 1 saturated heterocycles. The molecule has 2 rings (SSSR count). The molecule has 0 aromatic rings. The summed E-state index contributed by atoms with van der Waals surface area (Å²) in [4.78, 5) is 11.5. The molecule has 3 nitrogen and oxygen atoms in total. The van der Waals surface area contributed by atoms with Crippen LogP contribution < -0.4 is 0 Å². The summed E-state index contributed by atoms with van der Waals surface area (Å²) in [5.41, 5.74) is 1.33. The Morgan fingerprint density at radius 1 is 1.50 bits per heavy atom. The van der Waals surface area contributed by atoms with Crippen molar-refractivity contribution in [3.05, 3.63) is 11.6 Å². The predicted molar refractivity (Wildman–Crippen MR) is 79.4 cm³/mol. The van der Waals surface area contributed by atoms with Crippen LogP contribution in [0, 0.1) is 11.8 Å². The fourth-order valence-corrected chi connectivity index (χ4v) is 3.42. The Bertz CT molecular complexity index is 399. The highest BCUT2D eigenvalue weighted by Gasteiger charge is 2.58. The van der Waals surface area contributed by atoms with E-state index in [0.717, 1.165) is 25.7 Å². The van der Waals surface area contributed by atoms with Gasteiger partial charge >= 0.3 is 5.97 Å². The van der Waals surface area contributed by atoms with Crippen LogP contribution in [0.2, 0.25) is 0 Å². The first-order valence-corrected chi connectivity index (χ1v) is 7.84. The highest BCUT2D eigenvalue weighted by molar-refractivity contribution is 5.66. The SMILES string of the molecule is CC(=O)O[C@H]1[C@H]2O[C@@]2(C)CCC=C(C)CC[C@H]1C(C)C. The Morgan fingerprint density at radius 3 is 2.80 bits per heavy atom. The third kappa shape index (κ3) is 3.43. The molecule has 0 unspecified atom stereocenters. The van der Waals surface area contributed by atoms with Crippen LogP contribution in [0.5, 0.6) is 0 Å². The molecule has 1 aliphatic heterocycles. The number of rotatable bonds is 2. The summed E-state index contributed by atoms with van der Waals surface area (Å²) >= 11 is 0. The van der Waals surface area contributed by atoms with Crippen LogP contribution >= 0.6 is 0 Å². The second-order valence-corrected chi connectivity index (χ2v) is 6.96. The molecule has 2 aliphatic rings. The van der Waals surface area contributed by atoms with Crippen molar-refractivity contribution in [2.45, 2.75) is 78.1 Å². The van der Waals surface area contributed by atoms with Crippen LogP contribution in [0.25, 0.3) is 0 Å². The van der Waals surface area contributed by atoms with Crippen LogP contribution in [0.4, 0.5) is 0 Å². The van der Waals surface area contributed by atoms with Gasteiger partial charge in [-0.25, -0.2) is 0 Å². The van der Waals surface area contributed by atoms with E-state index in [4.69, 9.17) is 9.47 Å². The molecule has 0 bridgehead atoms. The third-order valence-corrected chi connectivity index (χ3v) is 4.83. The van der Waals surface area contributed by atoms with Crippen molar-refractivity contribution in [2.75, 3.05) is 0 Å². The molecule has 0 N–H and O–H groups in total. The average Bonchev–Trinajstić information content (AvgIpc) is 2.98. The predicted octanol–water partition coefficient (Wildman–Crippen LogP) is 3.87. The molecule has 0 aromatic carbocycles. The van der Waals surface area contributed by atoms with Crippen LogP contribution in [-0.2, 0) is 14.3 Å². The molecule has 4 atom stereocenters. The van der Waals surface area contributed by atoms with Gasteiger partial charge in [0.25, 0.3) is 0 Å². The maximum Gasteiger partial charge on any atom is 0.303 e. The summed E-state index contributed by atoms with van der Waals surface area (Å²) < 4.78 is 11.6. The molecule has 1 fully saturated rings. The Hall–Kier alpha value is -0.830. The number of hydrogen-bond acceptors (Lipinski definition) is 3. The fourth-order valence-electron chi connectivity index (χ4n) is 3.42. The normalized spacial score (nSPS) is 37.9. The molecule has 1 heterocycles. The summed E-state index contributed by atoms with van der Waals surface area (Å²) in [7, 11) is 0. The molecular formula is C17H28O3. The Balaban J connectivity index is 2.23. The molecule has 0 radical (unpaired) electrons. The third-order valence-electron chi connectivity index (χ3n) is 4.83. The minimum absolute atomic E-state index is 0.0746. The smallest absolute Gasteiger partial charge is 0.303 e. The van der Waals surface area contributed by atoms with E-state index in [2.05, 4.69) is 33.8 Å². The van der Waals surface area contributed by atoms with E-state index >= 15 is 0 Å². The zero-order valence-electron chi connectivity index (χ0n) is 13.4. The van der Waals surface area contributed by atoms with E-state index in [1.54, 1.807) is 0 Å². The average molecular weight is 280 g/mol. The lowest BCUT2D eigenvalue weighted by Crippen LogP contribution is -2.37. The maximum atomic E-state index is 11.5. The molecule has 0 spiro atoms. The van der Waals surface area contributed by atoms with Crippen LogP contribution in [0.15, 0.2) is 11.6 Å². The second kappa shape index (κ2) is 5.88. The van der Waals surface area contributed by atoms with E-state index in [1.807, 2.05) is 0 Å². The highest BCUT2D eigenvalue weighted by atomic mass is 16.6. The number of epoxide rings is 1. The summed E-state index contributed by atoms with van der Waals surface area (Å²) in [5, 5.41) is 0. The summed E-state index contributed by atoms with van der Waals surface area (Å²) in [6.07, 6.45) is 6.54. The Kier molecular flexibility index (Phi) is 4.58. The van der Waals surface area contributed by atoms with Crippen LogP contribution in [0.3, 0.4) is 0 Å². The van der Waals surface area contributed by atoms with E-state index in [-0.39, 0.29) is 23.8 Å². The molecule has 1 aliphatic carbocycles.